The van der Waals surface area contributed by atoms with Gasteiger partial charge >= 0.3 is 0 Å². The van der Waals surface area contributed by atoms with Crippen molar-refractivity contribution in [3.63, 3.8) is 0 Å². The molecule has 0 spiro atoms. The Morgan fingerprint density at radius 2 is 1.49 bits per heavy atom. The number of aryl methyl sites for hydroxylation is 1. The first-order valence-electron chi connectivity index (χ1n) is 14.7. The van der Waals surface area contributed by atoms with Crippen LogP contribution in [0, 0.1) is 12.7 Å². The molecule has 0 radical (unpaired) electrons. The van der Waals surface area contributed by atoms with Crippen LogP contribution in [0.3, 0.4) is 0 Å². The summed E-state index contributed by atoms with van der Waals surface area (Å²) in [6.45, 7) is 4.95. The number of benzene rings is 4. The van der Waals surface area contributed by atoms with Gasteiger partial charge in [-0.25, -0.2) is 12.8 Å². The van der Waals surface area contributed by atoms with Gasteiger partial charge in [-0.3, -0.25) is 13.9 Å². The first kappa shape index (κ1) is 33.7. The molecule has 4 aromatic rings. The second-order valence-corrected chi connectivity index (χ2v) is 13.2. The molecule has 0 aliphatic heterocycles. The molecular weight excluding hydrogens is 613 g/mol. The molecule has 0 aliphatic carbocycles. The highest BCUT2D eigenvalue weighted by Crippen LogP contribution is 2.28. The van der Waals surface area contributed by atoms with E-state index in [1.165, 1.54) is 41.3 Å². The van der Waals surface area contributed by atoms with E-state index in [1.807, 2.05) is 44.2 Å². The minimum atomic E-state index is -4.25. The molecule has 0 unspecified atom stereocenters. The minimum Gasteiger partial charge on any atom is -0.352 e. The summed E-state index contributed by atoms with van der Waals surface area (Å²) < 4.78 is 43.1. The number of carbonyl (C=O) groups excluding carboxylic acids is 2. The van der Waals surface area contributed by atoms with Gasteiger partial charge in [0, 0.05) is 24.0 Å². The number of nitrogens with zero attached hydrogens (tertiary/aromatic N) is 2. The lowest BCUT2D eigenvalue weighted by atomic mass is 10.0. The Morgan fingerprint density at radius 1 is 0.867 bits per heavy atom. The predicted molar refractivity (Wildman–Crippen MR) is 176 cm³/mol. The number of hydrogen-bond donors (Lipinski definition) is 1. The van der Waals surface area contributed by atoms with E-state index in [4.69, 9.17) is 11.6 Å². The number of hydrogen-bond acceptors (Lipinski definition) is 4. The van der Waals surface area contributed by atoms with Crippen LogP contribution in [0.5, 0.6) is 0 Å². The first-order valence-corrected chi connectivity index (χ1v) is 16.5. The molecule has 0 saturated carbocycles. The normalized spacial score (nSPS) is 12.6. The minimum absolute atomic E-state index is 0.0385. The second-order valence-electron chi connectivity index (χ2n) is 10.9. The predicted octanol–water partition coefficient (Wildman–Crippen LogP) is 6.54. The molecule has 10 heteroatoms. The molecule has 1 N–H and O–H groups in total. The standard InChI is InChI=1S/C35H37ClFN3O4S/c1-4-26(3)38-35(42)33(22-27-11-6-5-7-12-27)39(23-28-14-18-30(37)19-15-28)34(41)24-40(32-13-9-8-10-25(32)2)45(43,44)31-20-16-29(36)17-21-31/h5-21,26,33H,4,22-24H2,1-3H3,(H,38,42)/t26-,33+/m0/s1. The number of halogens is 2. The molecule has 0 aromatic heterocycles. The van der Waals surface area contributed by atoms with Crippen LogP contribution in [0.2, 0.25) is 5.02 Å². The van der Waals surface area contributed by atoms with Crippen molar-refractivity contribution in [3.05, 3.63) is 131 Å². The molecule has 0 saturated heterocycles. The summed E-state index contributed by atoms with van der Waals surface area (Å²) in [5.41, 5.74) is 2.37. The van der Waals surface area contributed by atoms with Crippen molar-refractivity contribution in [3.8, 4) is 0 Å². The maximum absolute atomic E-state index is 14.5. The van der Waals surface area contributed by atoms with Gasteiger partial charge in [-0.2, -0.15) is 0 Å². The number of rotatable bonds is 13. The molecule has 0 aliphatic rings. The molecule has 0 heterocycles. The average Bonchev–Trinajstić information content (AvgIpc) is 3.03. The Bertz CT molecular complexity index is 1700. The van der Waals surface area contributed by atoms with Gasteiger partial charge in [-0.15, -0.1) is 0 Å². The summed E-state index contributed by atoms with van der Waals surface area (Å²) in [7, 11) is -4.25. The topological polar surface area (TPSA) is 86.8 Å². The number of anilines is 1. The molecule has 0 fully saturated rings. The van der Waals surface area contributed by atoms with Gasteiger partial charge < -0.3 is 10.2 Å². The average molecular weight is 650 g/mol. The van der Waals surface area contributed by atoms with E-state index < -0.39 is 34.3 Å². The van der Waals surface area contributed by atoms with Crippen molar-refractivity contribution in [1.29, 1.82) is 0 Å². The van der Waals surface area contributed by atoms with Crippen molar-refractivity contribution in [2.24, 2.45) is 0 Å². The van der Waals surface area contributed by atoms with E-state index in [1.54, 1.807) is 43.3 Å². The third-order valence-electron chi connectivity index (χ3n) is 7.60. The van der Waals surface area contributed by atoms with Crippen LogP contribution in [-0.2, 0) is 32.6 Å². The molecular formula is C35H37ClFN3O4S. The summed E-state index contributed by atoms with van der Waals surface area (Å²) in [6, 6.07) is 26.4. The van der Waals surface area contributed by atoms with Crippen molar-refractivity contribution >= 4 is 39.1 Å². The van der Waals surface area contributed by atoms with Crippen molar-refractivity contribution in [1.82, 2.24) is 10.2 Å². The van der Waals surface area contributed by atoms with Crippen LogP contribution in [0.1, 0.15) is 37.0 Å². The van der Waals surface area contributed by atoms with Crippen LogP contribution < -0.4 is 9.62 Å². The maximum Gasteiger partial charge on any atom is 0.264 e. The van der Waals surface area contributed by atoms with E-state index in [9.17, 15) is 22.4 Å². The summed E-state index contributed by atoms with van der Waals surface area (Å²) in [5.74, 6) is -1.40. The zero-order valence-corrected chi connectivity index (χ0v) is 27.1. The van der Waals surface area contributed by atoms with Crippen molar-refractivity contribution in [2.75, 3.05) is 10.8 Å². The Morgan fingerprint density at radius 3 is 2.11 bits per heavy atom. The lowest BCUT2D eigenvalue weighted by Gasteiger charge is -2.34. The van der Waals surface area contributed by atoms with Crippen LogP contribution in [0.15, 0.2) is 108 Å². The molecule has 2 amide bonds. The van der Waals surface area contributed by atoms with Crippen LogP contribution in [0.4, 0.5) is 10.1 Å². The summed E-state index contributed by atoms with van der Waals surface area (Å²) >= 11 is 6.04. The Hall–Kier alpha value is -4.21. The third-order valence-corrected chi connectivity index (χ3v) is 9.63. The van der Waals surface area contributed by atoms with Gasteiger partial charge in [-0.05, 0) is 79.4 Å². The molecule has 2 atom stereocenters. The van der Waals surface area contributed by atoms with Crippen LogP contribution >= 0.6 is 11.6 Å². The number of para-hydroxylation sites is 1. The number of carbonyl (C=O) groups is 2. The fourth-order valence-electron chi connectivity index (χ4n) is 4.87. The lowest BCUT2D eigenvalue weighted by Crippen LogP contribution is -2.54. The fraction of sp³-hybridized carbons (Fsp3) is 0.257. The molecule has 0 bridgehead atoms. The third kappa shape index (κ3) is 8.71. The molecule has 4 aromatic carbocycles. The monoisotopic (exact) mass is 649 g/mol. The highest BCUT2D eigenvalue weighted by Gasteiger charge is 2.35. The van der Waals surface area contributed by atoms with E-state index in [2.05, 4.69) is 5.32 Å². The first-order chi connectivity index (χ1) is 21.5. The van der Waals surface area contributed by atoms with Gasteiger partial charge in [-0.1, -0.05) is 79.2 Å². The summed E-state index contributed by atoms with van der Waals surface area (Å²) in [4.78, 5) is 29.7. The van der Waals surface area contributed by atoms with Gasteiger partial charge in [0.05, 0.1) is 10.6 Å². The van der Waals surface area contributed by atoms with Gasteiger partial charge in [0.2, 0.25) is 11.8 Å². The zero-order chi connectivity index (χ0) is 32.6. The molecule has 4 rings (SSSR count). The largest absolute Gasteiger partial charge is 0.352 e. The molecule has 7 nitrogen and oxygen atoms in total. The Balaban J connectivity index is 1.81. The summed E-state index contributed by atoms with van der Waals surface area (Å²) in [6.07, 6.45) is 0.862. The quantitative estimate of drug-likeness (QED) is 0.178. The van der Waals surface area contributed by atoms with E-state index in [-0.39, 0.29) is 29.8 Å². The highest BCUT2D eigenvalue weighted by atomic mass is 35.5. The summed E-state index contributed by atoms with van der Waals surface area (Å²) in [5, 5.41) is 3.37. The van der Waals surface area contributed by atoms with Crippen LogP contribution in [-0.4, -0.2) is 43.8 Å². The van der Waals surface area contributed by atoms with Crippen molar-refractivity contribution < 1.29 is 22.4 Å². The molecule has 236 valence electrons. The van der Waals surface area contributed by atoms with Crippen molar-refractivity contribution in [2.45, 2.75) is 57.1 Å². The zero-order valence-electron chi connectivity index (χ0n) is 25.5. The smallest absolute Gasteiger partial charge is 0.264 e. The molecule has 45 heavy (non-hydrogen) atoms. The van der Waals surface area contributed by atoms with E-state index in [0.29, 0.717) is 28.3 Å². The lowest BCUT2D eigenvalue weighted by molar-refractivity contribution is -0.140. The Kier molecular flexibility index (Phi) is 11.4. The van der Waals surface area contributed by atoms with Gasteiger partial charge in [0.15, 0.2) is 0 Å². The van der Waals surface area contributed by atoms with E-state index in [0.717, 1.165) is 9.87 Å². The number of nitrogens with one attached hydrogen (secondary N) is 1. The second kappa shape index (κ2) is 15.2. The maximum atomic E-state index is 14.5. The Labute approximate surface area is 269 Å². The van der Waals surface area contributed by atoms with Crippen LogP contribution in [0.25, 0.3) is 0 Å². The van der Waals surface area contributed by atoms with Gasteiger partial charge in [0.25, 0.3) is 10.0 Å². The highest BCUT2D eigenvalue weighted by molar-refractivity contribution is 7.92. The SMILES string of the molecule is CC[C@H](C)NC(=O)[C@@H](Cc1ccccc1)N(Cc1ccc(F)cc1)C(=O)CN(c1ccccc1C)S(=O)(=O)c1ccc(Cl)cc1. The van der Waals surface area contributed by atoms with E-state index >= 15 is 0 Å². The fourth-order valence-corrected chi connectivity index (χ4v) is 6.48. The number of amides is 2. The van der Waals surface area contributed by atoms with Gasteiger partial charge in [0.1, 0.15) is 18.4 Å². The number of sulfonamides is 1.